The van der Waals surface area contributed by atoms with Crippen LogP contribution in [0.4, 0.5) is 0 Å². The van der Waals surface area contributed by atoms with E-state index in [1.54, 1.807) is 0 Å². The van der Waals surface area contributed by atoms with Crippen LogP contribution >= 0.6 is 11.8 Å². The zero-order chi connectivity index (χ0) is 15.5. The highest BCUT2D eigenvalue weighted by atomic mass is 32.2. The standard InChI is InChI=1S/C17H30N2OS/c1-6-15-12-19(7-8-21-15)11-14-9-13(2)16(20-14)10-18-17(3,4)5/h9,15,18H,6-8,10-12H2,1-5H3. The minimum absolute atomic E-state index is 0.123. The lowest BCUT2D eigenvalue weighted by atomic mass is 10.1. The highest BCUT2D eigenvalue weighted by Gasteiger charge is 2.20. The summed E-state index contributed by atoms with van der Waals surface area (Å²) >= 11 is 2.11. The SMILES string of the molecule is CCC1CN(Cc2cc(C)c(CNC(C)(C)C)o2)CCS1. The van der Waals surface area contributed by atoms with Crippen molar-refractivity contribution in [2.45, 2.75) is 64.9 Å². The molecule has 1 N–H and O–H groups in total. The molecule has 0 saturated carbocycles. The van der Waals surface area contributed by atoms with Crippen LogP contribution in [0.1, 0.15) is 51.2 Å². The Kier molecular flexibility index (Phi) is 5.81. The van der Waals surface area contributed by atoms with Gasteiger partial charge in [-0.3, -0.25) is 4.90 Å². The van der Waals surface area contributed by atoms with Crippen molar-refractivity contribution < 1.29 is 4.42 Å². The first kappa shape index (κ1) is 16.9. The van der Waals surface area contributed by atoms with Crippen LogP contribution in [0.5, 0.6) is 0 Å². The number of nitrogens with one attached hydrogen (secondary N) is 1. The molecule has 1 aliphatic heterocycles. The van der Waals surface area contributed by atoms with E-state index >= 15 is 0 Å². The van der Waals surface area contributed by atoms with Crippen molar-refractivity contribution in [3.05, 3.63) is 23.2 Å². The number of rotatable bonds is 5. The Morgan fingerprint density at radius 3 is 2.86 bits per heavy atom. The second-order valence-corrected chi connectivity index (χ2v) is 8.47. The highest BCUT2D eigenvalue weighted by molar-refractivity contribution is 8.00. The van der Waals surface area contributed by atoms with Crippen LogP contribution < -0.4 is 5.32 Å². The van der Waals surface area contributed by atoms with E-state index in [0.29, 0.717) is 0 Å². The van der Waals surface area contributed by atoms with E-state index in [2.05, 4.69) is 62.7 Å². The van der Waals surface area contributed by atoms with Crippen molar-refractivity contribution in [1.82, 2.24) is 10.2 Å². The summed E-state index contributed by atoms with van der Waals surface area (Å²) in [6.45, 7) is 15.1. The fourth-order valence-corrected chi connectivity index (χ4v) is 3.83. The van der Waals surface area contributed by atoms with Gasteiger partial charge in [-0.25, -0.2) is 0 Å². The van der Waals surface area contributed by atoms with Gasteiger partial charge in [0.05, 0.1) is 13.1 Å². The Labute approximate surface area is 133 Å². The molecular formula is C17H30N2OS. The molecule has 1 aliphatic rings. The van der Waals surface area contributed by atoms with E-state index in [4.69, 9.17) is 4.42 Å². The fraction of sp³-hybridized carbons (Fsp3) is 0.765. The lowest BCUT2D eigenvalue weighted by Crippen LogP contribution is -2.36. The van der Waals surface area contributed by atoms with Gasteiger partial charge in [0.1, 0.15) is 11.5 Å². The van der Waals surface area contributed by atoms with Crippen LogP contribution in [0.2, 0.25) is 0 Å². The lowest BCUT2D eigenvalue weighted by molar-refractivity contribution is 0.246. The summed E-state index contributed by atoms with van der Waals surface area (Å²) in [4.78, 5) is 2.53. The van der Waals surface area contributed by atoms with Gasteiger partial charge in [-0.2, -0.15) is 11.8 Å². The van der Waals surface area contributed by atoms with Crippen molar-refractivity contribution in [2.24, 2.45) is 0 Å². The van der Waals surface area contributed by atoms with Gasteiger partial charge in [-0.05, 0) is 45.7 Å². The molecule has 0 aliphatic carbocycles. The summed E-state index contributed by atoms with van der Waals surface area (Å²) in [6.07, 6.45) is 1.26. The van der Waals surface area contributed by atoms with Crippen LogP contribution in [-0.2, 0) is 13.1 Å². The van der Waals surface area contributed by atoms with Gasteiger partial charge in [0.25, 0.3) is 0 Å². The number of thioether (sulfide) groups is 1. The Morgan fingerprint density at radius 1 is 1.43 bits per heavy atom. The number of furan rings is 1. The van der Waals surface area contributed by atoms with E-state index in [9.17, 15) is 0 Å². The van der Waals surface area contributed by atoms with Gasteiger partial charge in [-0.15, -0.1) is 0 Å². The molecule has 0 aromatic carbocycles. The Hall–Kier alpha value is -0.450. The Morgan fingerprint density at radius 2 is 2.19 bits per heavy atom. The van der Waals surface area contributed by atoms with Gasteiger partial charge in [0.2, 0.25) is 0 Å². The molecule has 3 nitrogen and oxygen atoms in total. The molecule has 0 spiro atoms. The van der Waals surface area contributed by atoms with Crippen LogP contribution in [0.25, 0.3) is 0 Å². The maximum absolute atomic E-state index is 6.07. The molecule has 0 bridgehead atoms. The summed E-state index contributed by atoms with van der Waals surface area (Å²) in [5.74, 6) is 3.44. The minimum atomic E-state index is 0.123. The van der Waals surface area contributed by atoms with Crippen molar-refractivity contribution >= 4 is 11.8 Å². The van der Waals surface area contributed by atoms with Gasteiger partial charge in [0, 0.05) is 29.6 Å². The van der Waals surface area contributed by atoms with Crippen LogP contribution in [-0.4, -0.2) is 34.5 Å². The first-order valence-electron chi connectivity index (χ1n) is 8.04. The quantitative estimate of drug-likeness (QED) is 0.895. The molecule has 0 radical (unpaired) electrons. The van der Waals surface area contributed by atoms with Gasteiger partial charge < -0.3 is 9.73 Å². The predicted octanol–water partition coefficient (Wildman–Crippen LogP) is 3.80. The van der Waals surface area contributed by atoms with Crippen LogP contribution in [0.3, 0.4) is 0 Å². The largest absolute Gasteiger partial charge is 0.463 e. The number of hydrogen-bond acceptors (Lipinski definition) is 4. The Bertz CT molecular complexity index is 450. The van der Waals surface area contributed by atoms with Crippen molar-refractivity contribution in [3.8, 4) is 0 Å². The molecule has 1 unspecified atom stereocenters. The summed E-state index contributed by atoms with van der Waals surface area (Å²) in [6, 6.07) is 2.21. The van der Waals surface area contributed by atoms with E-state index in [1.165, 1.54) is 30.8 Å². The van der Waals surface area contributed by atoms with Crippen molar-refractivity contribution in [3.63, 3.8) is 0 Å². The monoisotopic (exact) mass is 310 g/mol. The van der Waals surface area contributed by atoms with Gasteiger partial charge in [-0.1, -0.05) is 6.92 Å². The topological polar surface area (TPSA) is 28.4 Å². The highest BCUT2D eigenvalue weighted by Crippen LogP contribution is 2.24. The number of aryl methyl sites for hydroxylation is 1. The minimum Gasteiger partial charge on any atom is -0.463 e. The normalized spacial score (nSPS) is 20.9. The van der Waals surface area contributed by atoms with Crippen LogP contribution in [0, 0.1) is 6.92 Å². The maximum atomic E-state index is 6.07. The summed E-state index contributed by atoms with van der Waals surface area (Å²) in [5, 5.41) is 4.29. The molecule has 1 aromatic heterocycles. The molecule has 1 atom stereocenters. The van der Waals surface area contributed by atoms with Crippen molar-refractivity contribution in [2.75, 3.05) is 18.8 Å². The maximum Gasteiger partial charge on any atom is 0.120 e. The molecular weight excluding hydrogens is 280 g/mol. The third-order valence-corrected chi connectivity index (χ3v) is 5.28. The average molecular weight is 311 g/mol. The first-order chi connectivity index (χ1) is 9.87. The first-order valence-corrected chi connectivity index (χ1v) is 9.09. The zero-order valence-electron chi connectivity index (χ0n) is 14.2. The molecule has 21 heavy (non-hydrogen) atoms. The second kappa shape index (κ2) is 7.21. The van der Waals surface area contributed by atoms with E-state index in [-0.39, 0.29) is 5.54 Å². The Balaban J connectivity index is 1.92. The number of hydrogen-bond donors (Lipinski definition) is 1. The van der Waals surface area contributed by atoms with Gasteiger partial charge in [0.15, 0.2) is 0 Å². The molecule has 0 amide bonds. The average Bonchev–Trinajstić information content (AvgIpc) is 2.76. The van der Waals surface area contributed by atoms with Gasteiger partial charge >= 0.3 is 0 Å². The summed E-state index contributed by atoms with van der Waals surface area (Å²) in [5.41, 5.74) is 1.39. The fourth-order valence-electron chi connectivity index (χ4n) is 2.58. The molecule has 2 heterocycles. The van der Waals surface area contributed by atoms with E-state index in [1.807, 2.05) is 0 Å². The second-order valence-electron chi connectivity index (χ2n) is 7.06. The zero-order valence-corrected chi connectivity index (χ0v) is 15.0. The third-order valence-electron chi connectivity index (χ3n) is 3.91. The van der Waals surface area contributed by atoms with E-state index in [0.717, 1.165) is 29.9 Å². The van der Waals surface area contributed by atoms with E-state index < -0.39 is 0 Å². The third kappa shape index (κ3) is 5.35. The summed E-state index contributed by atoms with van der Waals surface area (Å²) < 4.78 is 6.07. The molecule has 120 valence electrons. The number of nitrogens with zero attached hydrogens (tertiary/aromatic N) is 1. The molecule has 1 aromatic rings. The van der Waals surface area contributed by atoms with Crippen LogP contribution in [0.15, 0.2) is 10.5 Å². The summed E-state index contributed by atoms with van der Waals surface area (Å²) in [7, 11) is 0. The molecule has 2 rings (SSSR count). The smallest absolute Gasteiger partial charge is 0.120 e. The van der Waals surface area contributed by atoms with Crippen molar-refractivity contribution in [1.29, 1.82) is 0 Å². The predicted molar refractivity (Wildman–Crippen MR) is 91.9 cm³/mol. The molecule has 1 saturated heterocycles. The lowest BCUT2D eigenvalue weighted by Gasteiger charge is -2.31. The molecule has 4 heteroatoms. The molecule has 1 fully saturated rings.